The van der Waals surface area contributed by atoms with Gasteiger partial charge in [0.1, 0.15) is 0 Å². The molecule has 100 valence electrons. The Hall–Kier alpha value is -1.79. The Morgan fingerprint density at radius 1 is 1.32 bits per heavy atom. The molecular weight excluding hydrogens is 234 g/mol. The van der Waals surface area contributed by atoms with Crippen LogP contribution in [0, 0.1) is 23.2 Å². The fraction of sp³-hybridized carbons (Fsp3) is 0.438. The summed E-state index contributed by atoms with van der Waals surface area (Å²) in [5.74, 6) is 0.472. The highest BCUT2D eigenvalue weighted by Gasteiger charge is 2.12. The molecule has 1 atom stereocenters. The summed E-state index contributed by atoms with van der Waals surface area (Å²) in [6.45, 7) is 5.74. The van der Waals surface area contributed by atoms with Gasteiger partial charge < -0.3 is 9.88 Å². The van der Waals surface area contributed by atoms with Crippen molar-refractivity contribution in [2.45, 2.75) is 20.4 Å². The average molecular weight is 255 g/mol. The van der Waals surface area contributed by atoms with Gasteiger partial charge in [-0.15, -0.1) is 0 Å². The Balaban J connectivity index is 2.05. The Morgan fingerprint density at radius 3 is 2.74 bits per heavy atom. The van der Waals surface area contributed by atoms with Crippen molar-refractivity contribution in [3.05, 3.63) is 36.0 Å². The summed E-state index contributed by atoms with van der Waals surface area (Å²) in [6, 6.07) is 10.8. The smallest absolute Gasteiger partial charge is 0.0671 e. The second-order valence-corrected chi connectivity index (χ2v) is 5.39. The van der Waals surface area contributed by atoms with E-state index < -0.39 is 0 Å². The third-order valence-electron chi connectivity index (χ3n) is 3.63. The number of benzene rings is 1. The topological polar surface area (TPSA) is 40.8 Å². The van der Waals surface area contributed by atoms with Crippen molar-refractivity contribution in [1.29, 1.82) is 5.26 Å². The number of fused-ring (bicyclic) bond motifs is 1. The van der Waals surface area contributed by atoms with Crippen molar-refractivity contribution in [1.82, 2.24) is 9.88 Å². The van der Waals surface area contributed by atoms with E-state index in [1.54, 1.807) is 0 Å². The lowest BCUT2D eigenvalue weighted by Gasteiger charge is -2.13. The largest absolute Gasteiger partial charge is 0.350 e. The fourth-order valence-electron chi connectivity index (χ4n) is 2.36. The maximum atomic E-state index is 9.08. The van der Waals surface area contributed by atoms with Crippen LogP contribution in [0.3, 0.4) is 0 Å². The average Bonchev–Trinajstić information content (AvgIpc) is 2.72. The van der Waals surface area contributed by atoms with Gasteiger partial charge in [-0.05, 0) is 17.5 Å². The minimum Gasteiger partial charge on any atom is -0.350 e. The van der Waals surface area contributed by atoms with E-state index in [2.05, 4.69) is 67.3 Å². The van der Waals surface area contributed by atoms with Gasteiger partial charge in [-0.3, -0.25) is 0 Å². The van der Waals surface area contributed by atoms with Crippen LogP contribution in [-0.2, 0) is 13.6 Å². The first-order valence-corrected chi connectivity index (χ1v) is 6.76. The summed E-state index contributed by atoms with van der Waals surface area (Å²) >= 11 is 0. The molecule has 1 unspecified atom stereocenters. The first-order chi connectivity index (χ1) is 9.13. The molecule has 1 heterocycles. The highest BCUT2D eigenvalue weighted by molar-refractivity contribution is 5.83. The van der Waals surface area contributed by atoms with Gasteiger partial charge in [0.15, 0.2) is 0 Å². The molecule has 0 amide bonds. The number of hydrogen-bond acceptors (Lipinski definition) is 2. The lowest BCUT2D eigenvalue weighted by molar-refractivity contribution is 0.442. The number of aromatic nitrogens is 1. The molecule has 1 N–H and O–H groups in total. The molecule has 0 spiro atoms. The van der Waals surface area contributed by atoms with Crippen LogP contribution in [0.15, 0.2) is 30.5 Å². The quantitative estimate of drug-likeness (QED) is 0.892. The monoisotopic (exact) mass is 255 g/mol. The van der Waals surface area contributed by atoms with E-state index in [9.17, 15) is 0 Å². The van der Waals surface area contributed by atoms with Crippen LogP contribution >= 0.6 is 0 Å². The van der Waals surface area contributed by atoms with Gasteiger partial charge in [-0.25, -0.2) is 0 Å². The van der Waals surface area contributed by atoms with Gasteiger partial charge in [0.2, 0.25) is 0 Å². The molecule has 3 heteroatoms. The molecule has 1 aromatic heterocycles. The zero-order chi connectivity index (χ0) is 13.8. The van der Waals surface area contributed by atoms with Crippen molar-refractivity contribution in [2.75, 3.05) is 6.54 Å². The predicted octanol–water partition coefficient (Wildman–Crippen LogP) is 3.06. The van der Waals surface area contributed by atoms with Crippen molar-refractivity contribution >= 4 is 10.9 Å². The summed E-state index contributed by atoms with van der Waals surface area (Å²) in [4.78, 5) is 0. The Kier molecular flexibility index (Phi) is 4.24. The molecule has 2 aromatic rings. The number of nitrogens with one attached hydrogen (secondary N) is 1. The van der Waals surface area contributed by atoms with E-state index in [0.717, 1.165) is 13.1 Å². The van der Waals surface area contributed by atoms with Gasteiger partial charge in [-0.1, -0.05) is 32.0 Å². The molecule has 0 saturated heterocycles. The van der Waals surface area contributed by atoms with Crippen LogP contribution in [-0.4, -0.2) is 11.1 Å². The van der Waals surface area contributed by atoms with Gasteiger partial charge in [0.05, 0.1) is 12.0 Å². The van der Waals surface area contributed by atoms with Crippen molar-refractivity contribution in [2.24, 2.45) is 18.9 Å². The third-order valence-corrected chi connectivity index (χ3v) is 3.63. The number of nitrogens with zero attached hydrogens (tertiary/aromatic N) is 2. The maximum Gasteiger partial charge on any atom is 0.0671 e. The zero-order valence-corrected chi connectivity index (χ0v) is 11.9. The second kappa shape index (κ2) is 5.90. The van der Waals surface area contributed by atoms with Gasteiger partial charge in [-0.2, -0.15) is 5.26 Å². The van der Waals surface area contributed by atoms with Crippen LogP contribution in [0.4, 0.5) is 0 Å². The molecule has 0 bridgehead atoms. The van der Waals surface area contributed by atoms with E-state index >= 15 is 0 Å². The number of para-hydroxylation sites is 1. The van der Waals surface area contributed by atoms with Crippen LogP contribution < -0.4 is 5.32 Å². The fourth-order valence-corrected chi connectivity index (χ4v) is 2.36. The molecule has 2 rings (SSSR count). The summed E-state index contributed by atoms with van der Waals surface area (Å²) in [5.41, 5.74) is 2.54. The van der Waals surface area contributed by atoms with Crippen LogP contribution in [0.1, 0.15) is 19.4 Å². The third kappa shape index (κ3) is 2.97. The molecule has 3 nitrogen and oxygen atoms in total. The summed E-state index contributed by atoms with van der Waals surface area (Å²) < 4.78 is 2.15. The predicted molar refractivity (Wildman–Crippen MR) is 78.6 cm³/mol. The van der Waals surface area contributed by atoms with E-state index in [4.69, 9.17) is 5.26 Å². The van der Waals surface area contributed by atoms with Gasteiger partial charge in [0.25, 0.3) is 0 Å². The van der Waals surface area contributed by atoms with E-state index in [-0.39, 0.29) is 5.92 Å². The summed E-state index contributed by atoms with van der Waals surface area (Å²) in [7, 11) is 2.07. The summed E-state index contributed by atoms with van der Waals surface area (Å²) in [5, 5.41) is 13.8. The maximum absolute atomic E-state index is 9.08. The molecule has 0 saturated carbocycles. The van der Waals surface area contributed by atoms with Crippen molar-refractivity contribution in [3.63, 3.8) is 0 Å². The molecule has 0 aliphatic heterocycles. The van der Waals surface area contributed by atoms with E-state index in [1.807, 2.05) is 0 Å². The Bertz CT molecular complexity index is 590. The summed E-state index contributed by atoms with van der Waals surface area (Å²) in [6.07, 6.45) is 2.16. The Morgan fingerprint density at radius 2 is 2.05 bits per heavy atom. The molecule has 0 aliphatic rings. The molecule has 0 radical (unpaired) electrons. The first-order valence-electron chi connectivity index (χ1n) is 6.76. The van der Waals surface area contributed by atoms with Crippen molar-refractivity contribution < 1.29 is 0 Å². The number of rotatable bonds is 5. The Labute approximate surface area is 114 Å². The lowest BCUT2D eigenvalue weighted by atomic mass is 9.97. The number of hydrogen-bond donors (Lipinski definition) is 1. The number of aryl methyl sites for hydroxylation is 1. The van der Waals surface area contributed by atoms with Gasteiger partial charge >= 0.3 is 0 Å². The molecule has 1 aromatic carbocycles. The first kappa shape index (κ1) is 13.6. The van der Waals surface area contributed by atoms with Crippen LogP contribution in [0.25, 0.3) is 10.9 Å². The molecular formula is C16H21N3. The molecule has 0 fully saturated rings. The highest BCUT2D eigenvalue weighted by Crippen LogP contribution is 2.20. The second-order valence-electron chi connectivity index (χ2n) is 5.39. The van der Waals surface area contributed by atoms with Crippen LogP contribution in [0.2, 0.25) is 0 Å². The molecule has 19 heavy (non-hydrogen) atoms. The van der Waals surface area contributed by atoms with Crippen LogP contribution in [0.5, 0.6) is 0 Å². The zero-order valence-electron chi connectivity index (χ0n) is 11.9. The van der Waals surface area contributed by atoms with E-state index in [0.29, 0.717) is 5.92 Å². The van der Waals surface area contributed by atoms with E-state index in [1.165, 1.54) is 16.5 Å². The minimum atomic E-state index is 0.0787. The highest BCUT2D eigenvalue weighted by atomic mass is 14.9. The molecule has 0 aliphatic carbocycles. The normalized spacial score (nSPS) is 12.8. The lowest BCUT2D eigenvalue weighted by Crippen LogP contribution is -2.24. The number of nitriles is 1. The van der Waals surface area contributed by atoms with Crippen molar-refractivity contribution in [3.8, 4) is 6.07 Å². The standard InChI is InChI=1S/C16H21N3/c1-12(2)13(8-17)9-18-10-14-11-19(3)16-7-5-4-6-15(14)16/h4-7,11-13,18H,9-10H2,1-3H3. The SMILES string of the molecule is CC(C)C(C#N)CNCc1cn(C)c2ccccc12. The van der Waals surface area contributed by atoms with Gasteiger partial charge in [0, 0.05) is 37.2 Å². The minimum absolute atomic E-state index is 0.0787.